The minimum absolute atomic E-state index is 0.203. The summed E-state index contributed by atoms with van der Waals surface area (Å²) in [5, 5.41) is 11.4. The molecular formula is C23H26N4O4S. The number of carbonyl (C=O) groups excluding carboxylic acids is 1. The predicted molar refractivity (Wildman–Crippen MR) is 124 cm³/mol. The predicted octanol–water partition coefficient (Wildman–Crippen LogP) is 2.39. The number of ether oxygens (including phenoxy) is 3. The Hall–Kier alpha value is -3.20. The molecule has 4 rings (SSSR count). The molecule has 0 radical (unpaired) electrons. The van der Waals surface area contributed by atoms with Gasteiger partial charge < -0.3 is 14.2 Å². The zero-order valence-electron chi connectivity index (χ0n) is 18.5. The fourth-order valence-electron chi connectivity index (χ4n) is 3.66. The number of hydrogen-bond donors (Lipinski definition) is 1. The fraction of sp³-hybridized carbons (Fsp3) is 0.348. The Labute approximate surface area is 190 Å². The first kappa shape index (κ1) is 22.0. The Morgan fingerprint density at radius 2 is 1.78 bits per heavy atom. The summed E-state index contributed by atoms with van der Waals surface area (Å²) in [6.07, 6.45) is 1.50. The highest BCUT2D eigenvalue weighted by Crippen LogP contribution is 2.41. The number of benzene rings is 2. The van der Waals surface area contributed by atoms with E-state index < -0.39 is 6.17 Å². The van der Waals surface area contributed by atoms with Gasteiger partial charge in [-0.2, -0.15) is 0 Å². The van der Waals surface area contributed by atoms with Gasteiger partial charge in [-0.3, -0.25) is 15.1 Å². The standard InChI is InChI=1S/C23H26N4O4S/c1-5-6-11-32-23-25-22(28)20-14-9-7-8-10-16(14)24-21(27(20)26-23)15-12-18(30-3)19(31-4)13-17(15)29-2/h7-10,12-13,21H,5-6,11H2,1-4H3,(H,25,26,28)/t21-/m1/s1. The maximum absolute atomic E-state index is 13.2. The van der Waals surface area contributed by atoms with E-state index in [1.165, 1.54) is 11.8 Å². The molecule has 2 aromatic rings. The second-order valence-corrected chi connectivity index (χ2v) is 8.31. The van der Waals surface area contributed by atoms with Gasteiger partial charge in [0.2, 0.25) is 0 Å². The number of amides is 1. The summed E-state index contributed by atoms with van der Waals surface area (Å²) in [4.78, 5) is 18.1. The van der Waals surface area contributed by atoms with Gasteiger partial charge in [-0.05, 0) is 18.6 Å². The van der Waals surface area contributed by atoms with E-state index in [4.69, 9.17) is 24.3 Å². The van der Waals surface area contributed by atoms with Crippen molar-refractivity contribution < 1.29 is 19.0 Å². The number of unbranched alkanes of at least 4 members (excludes halogenated alkanes) is 1. The van der Waals surface area contributed by atoms with Crippen molar-refractivity contribution in [2.45, 2.75) is 25.9 Å². The number of para-hydroxylation sites is 1. The summed E-state index contributed by atoms with van der Waals surface area (Å²) in [6, 6.07) is 11.1. The number of hydrazone groups is 1. The number of carbonyl (C=O) groups is 1. The van der Waals surface area contributed by atoms with Crippen LogP contribution in [0.1, 0.15) is 31.5 Å². The van der Waals surface area contributed by atoms with Gasteiger partial charge in [0.1, 0.15) is 11.4 Å². The molecule has 0 spiro atoms. The summed E-state index contributed by atoms with van der Waals surface area (Å²) in [5.74, 6) is 2.32. The van der Waals surface area contributed by atoms with Crippen molar-refractivity contribution in [2.75, 3.05) is 27.1 Å². The molecule has 0 bridgehead atoms. The van der Waals surface area contributed by atoms with Crippen LogP contribution in [0.25, 0.3) is 5.70 Å². The third-order valence-electron chi connectivity index (χ3n) is 5.27. The van der Waals surface area contributed by atoms with Gasteiger partial charge in [-0.25, -0.2) is 5.01 Å². The highest BCUT2D eigenvalue weighted by Gasteiger charge is 2.36. The molecule has 168 valence electrons. The fourth-order valence-corrected chi connectivity index (χ4v) is 4.60. The van der Waals surface area contributed by atoms with Crippen LogP contribution in [-0.2, 0) is 4.79 Å². The zero-order chi connectivity index (χ0) is 22.7. The van der Waals surface area contributed by atoms with Crippen molar-refractivity contribution in [3.63, 3.8) is 0 Å². The summed E-state index contributed by atoms with van der Waals surface area (Å²) in [6.45, 7) is 2.13. The molecule has 2 aromatic carbocycles. The van der Waals surface area contributed by atoms with Crippen molar-refractivity contribution >= 4 is 28.5 Å². The van der Waals surface area contributed by atoms with E-state index in [9.17, 15) is 4.79 Å². The Bertz CT molecular complexity index is 1180. The van der Waals surface area contributed by atoms with Crippen LogP contribution in [0.5, 0.6) is 17.2 Å². The molecule has 0 aromatic heterocycles. The highest BCUT2D eigenvalue weighted by molar-refractivity contribution is 8.13. The maximum atomic E-state index is 13.2. The number of hydrogen-bond acceptors (Lipinski definition) is 8. The Balaban J connectivity index is 1.90. The van der Waals surface area contributed by atoms with Gasteiger partial charge >= 0.3 is 0 Å². The first-order chi connectivity index (χ1) is 15.6. The second kappa shape index (κ2) is 9.52. The lowest BCUT2D eigenvalue weighted by Crippen LogP contribution is -2.50. The number of rotatable bonds is 7. The maximum Gasteiger partial charge on any atom is 0.276 e. The Morgan fingerprint density at radius 1 is 1.06 bits per heavy atom. The normalized spacial score (nSPS) is 16.9. The van der Waals surface area contributed by atoms with E-state index in [0.29, 0.717) is 39.0 Å². The van der Waals surface area contributed by atoms with Crippen LogP contribution in [0.15, 0.2) is 46.5 Å². The smallest absolute Gasteiger partial charge is 0.276 e. The molecule has 0 fully saturated rings. The molecule has 8 nitrogen and oxygen atoms in total. The molecule has 2 aliphatic heterocycles. The van der Waals surface area contributed by atoms with E-state index in [0.717, 1.165) is 23.8 Å². The Kier molecular flexibility index (Phi) is 6.55. The van der Waals surface area contributed by atoms with E-state index >= 15 is 0 Å². The monoisotopic (exact) mass is 454 g/mol. The van der Waals surface area contributed by atoms with Crippen LogP contribution < -0.4 is 30.1 Å². The highest BCUT2D eigenvalue weighted by atomic mass is 32.2. The summed E-state index contributed by atoms with van der Waals surface area (Å²) in [5.41, 5.74) is 1.17. The Morgan fingerprint density at radius 3 is 2.50 bits per heavy atom. The average molecular weight is 455 g/mol. The van der Waals surface area contributed by atoms with Crippen molar-refractivity contribution in [1.82, 2.24) is 10.3 Å². The van der Waals surface area contributed by atoms with Crippen molar-refractivity contribution in [3.05, 3.63) is 52.5 Å². The quantitative estimate of drug-likeness (QED) is 0.647. The lowest BCUT2D eigenvalue weighted by molar-refractivity contribution is -0.116. The molecule has 32 heavy (non-hydrogen) atoms. The molecule has 0 saturated heterocycles. The third kappa shape index (κ3) is 4.00. The van der Waals surface area contributed by atoms with Gasteiger partial charge in [0.05, 0.1) is 26.7 Å². The average Bonchev–Trinajstić information content (AvgIpc) is 2.82. The second-order valence-electron chi connectivity index (χ2n) is 7.22. The summed E-state index contributed by atoms with van der Waals surface area (Å²) >= 11 is 1.53. The van der Waals surface area contributed by atoms with Crippen molar-refractivity contribution in [1.29, 1.82) is 0 Å². The van der Waals surface area contributed by atoms with Gasteiger partial charge in [0.25, 0.3) is 5.91 Å². The third-order valence-corrected chi connectivity index (χ3v) is 6.22. The largest absolute Gasteiger partial charge is 0.496 e. The van der Waals surface area contributed by atoms with Crippen molar-refractivity contribution in [2.24, 2.45) is 10.1 Å². The first-order valence-corrected chi connectivity index (χ1v) is 11.4. The molecule has 0 saturated carbocycles. The van der Waals surface area contributed by atoms with Gasteiger partial charge in [-0.15, -0.1) is 5.10 Å². The van der Waals surface area contributed by atoms with Crippen LogP contribution in [0.3, 0.4) is 0 Å². The topological polar surface area (TPSA) is 84.8 Å². The molecular weight excluding hydrogens is 428 g/mol. The first-order valence-electron chi connectivity index (χ1n) is 10.4. The van der Waals surface area contributed by atoms with Gasteiger partial charge in [0, 0.05) is 22.6 Å². The van der Waals surface area contributed by atoms with Crippen LogP contribution in [0, 0.1) is 0 Å². The number of methoxy groups -OCH3 is 3. The van der Waals surface area contributed by atoms with Gasteiger partial charge in [0.15, 0.2) is 22.8 Å². The number of amidine groups is 1. The molecule has 1 atom stereocenters. The minimum atomic E-state index is -0.609. The molecule has 2 aliphatic rings. The van der Waals surface area contributed by atoms with Crippen LogP contribution in [-0.4, -0.2) is 43.2 Å². The minimum Gasteiger partial charge on any atom is -0.496 e. The molecule has 1 N–H and O–H groups in total. The summed E-state index contributed by atoms with van der Waals surface area (Å²) < 4.78 is 16.6. The number of nitrogens with zero attached hydrogens (tertiary/aromatic N) is 3. The summed E-state index contributed by atoms with van der Waals surface area (Å²) in [7, 11) is 4.74. The SMILES string of the molecule is CCCCSC1=NN2C(=c3ccccc3=N[C@H]2c2cc(OC)c(OC)cc2OC)C(=O)N1. The van der Waals surface area contributed by atoms with Crippen LogP contribution in [0.4, 0.5) is 0 Å². The number of nitrogens with one attached hydrogen (secondary N) is 1. The van der Waals surface area contributed by atoms with Crippen molar-refractivity contribution in [3.8, 4) is 17.2 Å². The molecule has 0 aliphatic carbocycles. The molecule has 9 heteroatoms. The molecule has 0 unspecified atom stereocenters. The van der Waals surface area contributed by atoms with E-state index in [1.54, 1.807) is 32.4 Å². The zero-order valence-corrected chi connectivity index (χ0v) is 19.4. The van der Waals surface area contributed by atoms with E-state index in [2.05, 4.69) is 12.2 Å². The van der Waals surface area contributed by atoms with E-state index in [1.807, 2.05) is 30.3 Å². The van der Waals surface area contributed by atoms with Crippen LogP contribution >= 0.6 is 11.8 Å². The van der Waals surface area contributed by atoms with Crippen LogP contribution in [0.2, 0.25) is 0 Å². The molecule has 1 amide bonds. The number of fused-ring (bicyclic) bond motifs is 2. The molecule has 2 heterocycles. The van der Waals surface area contributed by atoms with Gasteiger partial charge in [-0.1, -0.05) is 43.3 Å². The lowest BCUT2D eigenvalue weighted by atomic mass is 10.1. The number of thioether (sulfide) groups is 1. The lowest BCUT2D eigenvalue weighted by Gasteiger charge is -2.34. The van der Waals surface area contributed by atoms with E-state index in [-0.39, 0.29) is 5.91 Å².